The van der Waals surface area contributed by atoms with Crippen molar-refractivity contribution in [3.05, 3.63) is 23.3 Å². The van der Waals surface area contributed by atoms with E-state index in [1.54, 1.807) is 30.4 Å². The average Bonchev–Trinajstić information content (AvgIpc) is 2.16. The zero-order valence-corrected chi connectivity index (χ0v) is 10.5. The molecule has 0 fully saturated rings. The van der Waals surface area contributed by atoms with Gasteiger partial charge in [-0.25, -0.2) is 0 Å². The summed E-state index contributed by atoms with van der Waals surface area (Å²) in [7, 11) is 0. The fourth-order valence-corrected chi connectivity index (χ4v) is 2.66. The van der Waals surface area contributed by atoms with Gasteiger partial charge in [-0.2, -0.15) is 0 Å². The number of ketones is 1. The minimum atomic E-state index is 0.143. The fraction of sp³-hybridized carbons (Fsp3) is 0.364. The Bertz CT molecular complexity index is 359. The fourth-order valence-electron chi connectivity index (χ4n) is 1.33. The summed E-state index contributed by atoms with van der Waals surface area (Å²) in [5.74, 6) is 0.143. The number of benzene rings is 1. The smallest absolute Gasteiger partial charge is 0.160 e. The second kappa shape index (κ2) is 4.89. The summed E-state index contributed by atoms with van der Waals surface area (Å²) in [6.07, 6.45) is 4.03. The summed E-state index contributed by atoms with van der Waals surface area (Å²) in [5.41, 5.74) is 2.08. The number of hydrogen-bond acceptors (Lipinski definition) is 3. The van der Waals surface area contributed by atoms with Crippen molar-refractivity contribution in [1.29, 1.82) is 0 Å². The Labute approximate surface area is 93.7 Å². The number of aryl methyl sites for hydroxylation is 1. The van der Waals surface area contributed by atoms with E-state index in [-0.39, 0.29) is 5.78 Å². The van der Waals surface area contributed by atoms with Crippen molar-refractivity contribution < 1.29 is 4.79 Å². The zero-order chi connectivity index (χ0) is 10.7. The minimum absolute atomic E-state index is 0.143. The highest BCUT2D eigenvalue weighted by atomic mass is 32.2. The van der Waals surface area contributed by atoms with Gasteiger partial charge in [0.15, 0.2) is 5.78 Å². The molecule has 76 valence electrons. The van der Waals surface area contributed by atoms with Crippen LogP contribution in [0.4, 0.5) is 0 Å². The van der Waals surface area contributed by atoms with Crippen LogP contribution in [0.1, 0.15) is 22.8 Å². The topological polar surface area (TPSA) is 17.1 Å². The van der Waals surface area contributed by atoms with Gasteiger partial charge in [0.2, 0.25) is 0 Å². The first-order valence-corrected chi connectivity index (χ1v) is 6.78. The third-order valence-electron chi connectivity index (χ3n) is 2.10. The molecule has 0 spiro atoms. The summed E-state index contributed by atoms with van der Waals surface area (Å²) in [6, 6.07) is 4.08. The second-order valence-electron chi connectivity index (χ2n) is 3.08. The van der Waals surface area contributed by atoms with Crippen LogP contribution in [0.3, 0.4) is 0 Å². The number of Topliss-reactive ketones (excluding diaryl/α,β-unsaturated/α-hetero) is 1. The van der Waals surface area contributed by atoms with Gasteiger partial charge in [-0.05, 0) is 44.1 Å². The summed E-state index contributed by atoms with van der Waals surface area (Å²) in [4.78, 5) is 13.6. The molecule has 1 nitrogen and oxygen atoms in total. The molecule has 0 aliphatic rings. The van der Waals surface area contributed by atoms with Crippen LogP contribution in [0.5, 0.6) is 0 Å². The van der Waals surface area contributed by atoms with Crippen LogP contribution in [0.15, 0.2) is 21.9 Å². The molecule has 0 aliphatic heterocycles. The first-order valence-electron chi connectivity index (χ1n) is 4.33. The molecule has 0 bridgehead atoms. The Hall–Kier alpha value is -0.410. The standard InChI is InChI=1S/C11H14OS2/c1-7-5-11(14-4)9(8(2)12)6-10(7)13-3/h5-6H,1-4H3. The van der Waals surface area contributed by atoms with Crippen LogP contribution in [0.2, 0.25) is 0 Å². The highest BCUT2D eigenvalue weighted by molar-refractivity contribution is 7.99. The van der Waals surface area contributed by atoms with Gasteiger partial charge < -0.3 is 0 Å². The van der Waals surface area contributed by atoms with Crippen molar-refractivity contribution in [2.75, 3.05) is 12.5 Å². The van der Waals surface area contributed by atoms with Gasteiger partial charge in [0, 0.05) is 15.4 Å². The third kappa shape index (κ3) is 2.34. The van der Waals surface area contributed by atoms with Crippen LogP contribution in [0, 0.1) is 6.92 Å². The van der Waals surface area contributed by atoms with Gasteiger partial charge in [0.05, 0.1) is 0 Å². The molecule has 0 aromatic heterocycles. The van der Waals surface area contributed by atoms with Crippen molar-refractivity contribution >= 4 is 29.3 Å². The monoisotopic (exact) mass is 226 g/mol. The summed E-state index contributed by atoms with van der Waals surface area (Å²) in [6.45, 7) is 3.70. The molecule has 0 amide bonds. The highest BCUT2D eigenvalue weighted by Gasteiger charge is 2.09. The summed E-state index contributed by atoms with van der Waals surface area (Å²) in [5, 5.41) is 0. The van der Waals surface area contributed by atoms with E-state index in [2.05, 4.69) is 13.0 Å². The van der Waals surface area contributed by atoms with Gasteiger partial charge in [-0.3, -0.25) is 4.79 Å². The molecule has 0 aliphatic carbocycles. The molecular formula is C11H14OS2. The first-order chi connectivity index (χ1) is 6.60. The van der Waals surface area contributed by atoms with Gasteiger partial charge >= 0.3 is 0 Å². The van der Waals surface area contributed by atoms with Crippen LogP contribution in [-0.2, 0) is 0 Å². The van der Waals surface area contributed by atoms with E-state index in [0.29, 0.717) is 0 Å². The predicted molar refractivity (Wildman–Crippen MR) is 64.7 cm³/mol. The SMILES string of the molecule is CSc1cc(C(C)=O)c(SC)cc1C. The van der Waals surface area contributed by atoms with Gasteiger partial charge in [0.25, 0.3) is 0 Å². The maximum atomic E-state index is 11.4. The summed E-state index contributed by atoms with van der Waals surface area (Å²) < 4.78 is 0. The lowest BCUT2D eigenvalue weighted by Crippen LogP contribution is -1.96. The number of carbonyl (C=O) groups excluding carboxylic acids is 1. The molecule has 1 aromatic carbocycles. The van der Waals surface area contributed by atoms with Gasteiger partial charge in [-0.1, -0.05) is 0 Å². The van der Waals surface area contributed by atoms with E-state index in [4.69, 9.17) is 0 Å². The zero-order valence-electron chi connectivity index (χ0n) is 8.88. The number of rotatable bonds is 3. The molecule has 1 aromatic rings. The Balaban J connectivity index is 3.32. The molecule has 1 rings (SSSR count). The highest BCUT2D eigenvalue weighted by Crippen LogP contribution is 2.29. The lowest BCUT2D eigenvalue weighted by atomic mass is 10.1. The normalized spacial score (nSPS) is 10.3. The molecular weight excluding hydrogens is 212 g/mol. The Morgan fingerprint density at radius 1 is 1.14 bits per heavy atom. The van der Waals surface area contributed by atoms with Crippen molar-refractivity contribution in [2.24, 2.45) is 0 Å². The van der Waals surface area contributed by atoms with Gasteiger partial charge in [0.1, 0.15) is 0 Å². The second-order valence-corrected chi connectivity index (χ2v) is 4.77. The molecule has 0 saturated heterocycles. The molecule has 0 atom stereocenters. The Morgan fingerprint density at radius 2 is 1.71 bits per heavy atom. The number of carbonyl (C=O) groups is 1. The van der Waals surface area contributed by atoms with Gasteiger partial charge in [-0.15, -0.1) is 23.5 Å². The predicted octanol–water partition coefficient (Wildman–Crippen LogP) is 3.64. The number of thioether (sulfide) groups is 2. The lowest BCUT2D eigenvalue weighted by molar-refractivity contribution is 0.101. The third-order valence-corrected chi connectivity index (χ3v) is 3.75. The van der Waals surface area contributed by atoms with Crippen molar-refractivity contribution in [3.63, 3.8) is 0 Å². The molecule has 0 heterocycles. The van der Waals surface area contributed by atoms with E-state index in [0.717, 1.165) is 10.5 Å². The Kier molecular flexibility index (Phi) is 4.08. The largest absolute Gasteiger partial charge is 0.294 e. The van der Waals surface area contributed by atoms with Crippen molar-refractivity contribution in [1.82, 2.24) is 0 Å². The quantitative estimate of drug-likeness (QED) is 0.578. The molecule has 0 radical (unpaired) electrons. The molecule has 0 unspecified atom stereocenters. The van der Waals surface area contributed by atoms with Crippen LogP contribution >= 0.6 is 23.5 Å². The molecule has 0 saturated carbocycles. The van der Waals surface area contributed by atoms with Crippen LogP contribution in [-0.4, -0.2) is 18.3 Å². The Morgan fingerprint density at radius 3 is 2.14 bits per heavy atom. The lowest BCUT2D eigenvalue weighted by Gasteiger charge is -2.09. The van der Waals surface area contributed by atoms with Crippen molar-refractivity contribution in [2.45, 2.75) is 23.6 Å². The van der Waals surface area contributed by atoms with E-state index in [9.17, 15) is 4.79 Å². The molecule has 14 heavy (non-hydrogen) atoms. The molecule has 3 heteroatoms. The number of hydrogen-bond donors (Lipinski definition) is 0. The van der Waals surface area contributed by atoms with E-state index >= 15 is 0 Å². The van der Waals surface area contributed by atoms with Crippen LogP contribution in [0.25, 0.3) is 0 Å². The first kappa shape index (κ1) is 11.7. The molecule has 0 N–H and O–H groups in total. The maximum Gasteiger partial charge on any atom is 0.160 e. The minimum Gasteiger partial charge on any atom is -0.294 e. The van der Waals surface area contributed by atoms with E-state index < -0.39 is 0 Å². The average molecular weight is 226 g/mol. The van der Waals surface area contributed by atoms with Crippen LogP contribution < -0.4 is 0 Å². The summed E-state index contributed by atoms with van der Waals surface area (Å²) >= 11 is 3.31. The van der Waals surface area contributed by atoms with Crippen molar-refractivity contribution in [3.8, 4) is 0 Å². The van der Waals surface area contributed by atoms with E-state index in [1.165, 1.54) is 10.5 Å². The van der Waals surface area contributed by atoms with E-state index in [1.807, 2.05) is 18.6 Å². The maximum absolute atomic E-state index is 11.4.